The number of aromatic nitrogens is 1. The van der Waals surface area contributed by atoms with Gasteiger partial charge in [-0.2, -0.15) is 0 Å². The van der Waals surface area contributed by atoms with Crippen LogP contribution in [0.5, 0.6) is 0 Å². The highest BCUT2D eigenvalue weighted by molar-refractivity contribution is 5.86. The van der Waals surface area contributed by atoms with Gasteiger partial charge in [0.05, 0.1) is 6.42 Å². The molecular formula is C23H34Cl2N4O. The highest BCUT2D eigenvalue weighted by Crippen LogP contribution is 2.33. The summed E-state index contributed by atoms with van der Waals surface area (Å²) in [6.45, 7) is 7.28. The van der Waals surface area contributed by atoms with Crippen molar-refractivity contribution in [1.82, 2.24) is 10.3 Å². The van der Waals surface area contributed by atoms with E-state index in [-0.39, 0.29) is 30.7 Å². The van der Waals surface area contributed by atoms with Gasteiger partial charge in [0.25, 0.3) is 0 Å². The molecule has 0 saturated heterocycles. The van der Waals surface area contributed by atoms with E-state index in [0.29, 0.717) is 31.5 Å². The van der Waals surface area contributed by atoms with Crippen molar-refractivity contribution in [1.29, 1.82) is 0 Å². The molecule has 1 amide bonds. The number of amides is 1. The lowest BCUT2D eigenvalue weighted by Crippen LogP contribution is -2.28. The molecule has 0 unspecified atom stereocenters. The normalized spacial score (nSPS) is 12.9. The number of carbonyl (C=O) groups excluding carboxylic acids is 1. The van der Waals surface area contributed by atoms with Crippen LogP contribution in [0, 0.1) is 12.8 Å². The molecule has 1 heterocycles. The summed E-state index contributed by atoms with van der Waals surface area (Å²) < 4.78 is 0. The molecule has 2 aromatic rings. The lowest BCUT2D eigenvalue weighted by Gasteiger charge is -2.21. The van der Waals surface area contributed by atoms with Gasteiger partial charge in [0, 0.05) is 30.5 Å². The number of hydrogen-bond acceptors (Lipinski definition) is 4. The molecular weight excluding hydrogens is 419 g/mol. The van der Waals surface area contributed by atoms with Crippen molar-refractivity contribution < 1.29 is 4.79 Å². The van der Waals surface area contributed by atoms with Gasteiger partial charge in [-0.05, 0) is 59.9 Å². The van der Waals surface area contributed by atoms with Gasteiger partial charge in [0.15, 0.2) is 0 Å². The van der Waals surface area contributed by atoms with Gasteiger partial charge < -0.3 is 16.8 Å². The maximum absolute atomic E-state index is 12.6. The molecule has 3 rings (SSSR count). The molecule has 1 fully saturated rings. The van der Waals surface area contributed by atoms with E-state index in [1.807, 2.05) is 19.1 Å². The van der Waals surface area contributed by atoms with Crippen molar-refractivity contribution in [2.45, 2.75) is 65.6 Å². The third-order valence-electron chi connectivity index (χ3n) is 5.26. The SMILES string of the molecule is Cc1nc(CC(C)C)c(CN)c(-c2ccc(CN)cc2)c1CC(=O)NC1CC1.Cl.Cl. The lowest BCUT2D eigenvalue weighted by atomic mass is 9.88. The van der Waals surface area contributed by atoms with E-state index in [1.54, 1.807) is 0 Å². The molecule has 1 aliphatic rings. The van der Waals surface area contributed by atoms with Crippen molar-refractivity contribution in [3.8, 4) is 11.1 Å². The molecule has 0 atom stereocenters. The minimum Gasteiger partial charge on any atom is -0.353 e. The van der Waals surface area contributed by atoms with Crippen LogP contribution in [0.1, 0.15) is 54.8 Å². The van der Waals surface area contributed by atoms with E-state index in [0.717, 1.165) is 58.5 Å². The van der Waals surface area contributed by atoms with Crippen molar-refractivity contribution in [3.05, 3.63) is 52.3 Å². The van der Waals surface area contributed by atoms with E-state index >= 15 is 0 Å². The molecule has 30 heavy (non-hydrogen) atoms. The summed E-state index contributed by atoms with van der Waals surface area (Å²) in [5.41, 5.74) is 19.2. The third kappa shape index (κ3) is 6.42. The quantitative estimate of drug-likeness (QED) is 0.566. The zero-order valence-corrected chi connectivity index (χ0v) is 19.7. The van der Waals surface area contributed by atoms with Gasteiger partial charge in [-0.3, -0.25) is 9.78 Å². The van der Waals surface area contributed by atoms with Crippen molar-refractivity contribution in [2.75, 3.05) is 0 Å². The fourth-order valence-electron chi connectivity index (χ4n) is 3.66. The fraction of sp³-hybridized carbons (Fsp3) is 0.478. The van der Waals surface area contributed by atoms with Gasteiger partial charge in [-0.15, -0.1) is 24.8 Å². The van der Waals surface area contributed by atoms with Gasteiger partial charge in [0.2, 0.25) is 5.91 Å². The Morgan fingerprint density at radius 3 is 2.23 bits per heavy atom. The topological polar surface area (TPSA) is 94.0 Å². The van der Waals surface area contributed by atoms with Crippen LogP contribution in [-0.2, 0) is 30.7 Å². The van der Waals surface area contributed by atoms with Crippen LogP contribution in [-0.4, -0.2) is 16.9 Å². The lowest BCUT2D eigenvalue weighted by molar-refractivity contribution is -0.120. The Hall–Kier alpha value is -1.66. The zero-order chi connectivity index (χ0) is 20.3. The first-order valence-electron chi connectivity index (χ1n) is 10.2. The Balaban J connectivity index is 0.00000225. The predicted molar refractivity (Wildman–Crippen MR) is 128 cm³/mol. The van der Waals surface area contributed by atoms with Crippen LogP contribution >= 0.6 is 24.8 Å². The molecule has 1 aromatic heterocycles. The first-order valence-corrected chi connectivity index (χ1v) is 10.2. The van der Waals surface area contributed by atoms with Gasteiger partial charge >= 0.3 is 0 Å². The fourth-order valence-corrected chi connectivity index (χ4v) is 3.66. The Bertz CT molecular complexity index is 849. The van der Waals surface area contributed by atoms with E-state index < -0.39 is 0 Å². The summed E-state index contributed by atoms with van der Waals surface area (Å²) in [7, 11) is 0. The second kappa shape index (κ2) is 11.7. The maximum atomic E-state index is 12.6. The molecule has 1 aromatic carbocycles. The molecule has 1 saturated carbocycles. The van der Waals surface area contributed by atoms with Gasteiger partial charge in [0.1, 0.15) is 0 Å². The highest BCUT2D eigenvalue weighted by atomic mass is 35.5. The molecule has 7 heteroatoms. The number of nitrogens with zero attached hydrogens (tertiary/aromatic N) is 1. The smallest absolute Gasteiger partial charge is 0.224 e. The number of pyridine rings is 1. The van der Waals surface area contributed by atoms with Gasteiger partial charge in [-0.1, -0.05) is 38.1 Å². The number of benzene rings is 1. The average molecular weight is 453 g/mol. The van der Waals surface area contributed by atoms with Crippen LogP contribution in [0.2, 0.25) is 0 Å². The van der Waals surface area contributed by atoms with Crippen LogP contribution in [0.15, 0.2) is 24.3 Å². The van der Waals surface area contributed by atoms with Crippen molar-refractivity contribution >= 4 is 30.7 Å². The van der Waals surface area contributed by atoms with Crippen LogP contribution < -0.4 is 16.8 Å². The number of carbonyl (C=O) groups is 1. The third-order valence-corrected chi connectivity index (χ3v) is 5.26. The number of hydrogen-bond donors (Lipinski definition) is 3. The summed E-state index contributed by atoms with van der Waals surface area (Å²) in [6, 6.07) is 8.60. The number of aryl methyl sites for hydroxylation is 1. The maximum Gasteiger partial charge on any atom is 0.224 e. The molecule has 166 valence electrons. The van der Waals surface area contributed by atoms with Crippen LogP contribution in [0.25, 0.3) is 11.1 Å². The zero-order valence-electron chi connectivity index (χ0n) is 18.0. The van der Waals surface area contributed by atoms with Gasteiger partial charge in [-0.25, -0.2) is 0 Å². The Labute approximate surface area is 192 Å². The molecule has 0 bridgehead atoms. The van der Waals surface area contributed by atoms with E-state index in [4.69, 9.17) is 16.5 Å². The molecule has 5 N–H and O–H groups in total. The monoisotopic (exact) mass is 452 g/mol. The Kier molecular flexibility index (Phi) is 10.2. The van der Waals surface area contributed by atoms with E-state index in [2.05, 4.69) is 31.3 Å². The van der Waals surface area contributed by atoms with Crippen molar-refractivity contribution in [2.24, 2.45) is 17.4 Å². The molecule has 1 aliphatic carbocycles. The molecule has 0 spiro atoms. The number of nitrogens with one attached hydrogen (secondary N) is 1. The summed E-state index contributed by atoms with van der Waals surface area (Å²) in [5, 5.41) is 3.10. The first kappa shape index (κ1) is 26.4. The molecule has 0 radical (unpaired) electrons. The summed E-state index contributed by atoms with van der Waals surface area (Å²) in [6.07, 6.45) is 3.36. The van der Waals surface area contributed by atoms with E-state index in [1.165, 1.54) is 0 Å². The summed E-state index contributed by atoms with van der Waals surface area (Å²) >= 11 is 0. The minimum atomic E-state index is 0. The molecule has 5 nitrogen and oxygen atoms in total. The minimum absolute atomic E-state index is 0. The predicted octanol–water partition coefficient (Wildman–Crippen LogP) is 3.84. The second-order valence-electron chi connectivity index (χ2n) is 8.20. The number of rotatable bonds is 8. The van der Waals surface area contributed by atoms with Crippen molar-refractivity contribution in [3.63, 3.8) is 0 Å². The Morgan fingerprint density at radius 2 is 1.73 bits per heavy atom. The number of nitrogens with two attached hydrogens (primary N) is 2. The average Bonchev–Trinajstić information content (AvgIpc) is 3.47. The number of halogens is 2. The standard InChI is InChI=1S/C23H32N4O.2ClH/c1-14(2)10-21-20(13-25)23(17-6-4-16(12-24)5-7-17)19(15(3)26-21)11-22(28)27-18-8-9-18;;/h4-7,14,18H,8-13,24-25H2,1-3H3,(H,27,28);2*1H. The Morgan fingerprint density at radius 1 is 1.10 bits per heavy atom. The van der Waals surface area contributed by atoms with Crippen LogP contribution in [0.4, 0.5) is 0 Å². The summed E-state index contributed by atoms with van der Waals surface area (Å²) in [4.78, 5) is 17.4. The second-order valence-corrected chi connectivity index (χ2v) is 8.20. The first-order chi connectivity index (χ1) is 13.4. The van der Waals surface area contributed by atoms with E-state index in [9.17, 15) is 4.79 Å². The van der Waals surface area contributed by atoms with Crippen LogP contribution in [0.3, 0.4) is 0 Å². The highest BCUT2D eigenvalue weighted by Gasteiger charge is 2.25. The largest absolute Gasteiger partial charge is 0.353 e. The molecule has 0 aliphatic heterocycles. The summed E-state index contributed by atoms with van der Waals surface area (Å²) in [5.74, 6) is 0.542.